The summed E-state index contributed by atoms with van der Waals surface area (Å²) in [5.41, 5.74) is 9.30. The maximum Gasteiger partial charge on any atom is 0.175 e. The number of aromatic nitrogens is 4. The number of imidazole rings is 1. The topological polar surface area (TPSA) is 81.7 Å². The molecule has 4 rings (SSSR count). The highest BCUT2D eigenvalue weighted by Gasteiger charge is 2.24. The van der Waals surface area contributed by atoms with Gasteiger partial charge in [-0.25, -0.2) is 19.3 Å². The summed E-state index contributed by atoms with van der Waals surface area (Å²) in [7, 11) is 0. The highest BCUT2D eigenvalue weighted by atomic mass is 127. The van der Waals surface area contributed by atoms with Gasteiger partial charge in [-0.15, -0.1) is 0 Å². The van der Waals surface area contributed by atoms with E-state index in [0.717, 1.165) is 62.9 Å². The molecule has 0 fully saturated rings. The Kier molecular flexibility index (Phi) is 6.02. The molecule has 1 aliphatic rings. The summed E-state index contributed by atoms with van der Waals surface area (Å²) < 4.78 is 17.4. The number of nitrogens with zero attached hydrogens (tertiary/aromatic N) is 4. The van der Waals surface area contributed by atoms with Gasteiger partial charge in [-0.1, -0.05) is 18.7 Å². The smallest absolute Gasteiger partial charge is 0.175 e. The fraction of sp³-hybridized carbons (Fsp3) is 0.421. The molecule has 3 N–H and O–H groups in total. The number of fused-ring (bicyclic) bond motifs is 2. The van der Waals surface area contributed by atoms with Crippen molar-refractivity contribution in [3.05, 3.63) is 33.2 Å². The highest BCUT2D eigenvalue weighted by molar-refractivity contribution is 14.1. The molecule has 1 aromatic carbocycles. The molecule has 0 radical (unpaired) electrons. The number of aryl methyl sites for hydroxylation is 1. The van der Waals surface area contributed by atoms with Gasteiger partial charge in [-0.05, 0) is 71.7 Å². The second kappa shape index (κ2) is 8.50. The molecule has 1 unspecified atom stereocenters. The SMILES string of the molecule is CCCNCCn1c(Sc2cc3c(cc2I)CCC3F)nc2c(N)ncnc21. The Balaban J connectivity index is 1.70. The minimum Gasteiger partial charge on any atom is -0.382 e. The van der Waals surface area contributed by atoms with Crippen molar-refractivity contribution >= 4 is 51.3 Å². The molecule has 6 nitrogen and oxygen atoms in total. The summed E-state index contributed by atoms with van der Waals surface area (Å²) in [6.07, 6.45) is 3.07. The number of nitrogens with one attached hydrogen (secondary N) is 1. The summed E-state index contributed by atoms with van der Waals surface area (Å²) in [6, 6.07) is 4.08. The van der Waals surface area contributed by atoms with Crippen LogP contribution < -0.4 is 11.1 Å². The lowest BCUT2D eigenvalue weighted by atomic mass is 10.1. The van der Waals surface area contributed by atoms with Crippen molar-refractivity contribution in [2.75, 3.05) is 18.8 Å². The highest BCUT2D eigenvalue weighted by Crippen LogP contribution is 2.41. The van der Waals surface area contributed by atoms with Crippen LogP contribution in [0.1, 0.15) is 37.1 Å². The molecular formula is C19H22FIN6S. The summed E-state index contributed by atoms with van der Waals surface area (Å²) >= 11 is 3.85. The van der Waals surface area contributed by atoms with Crippen LogP contribution in [0.5, 0.6) is 0 Å². The molecule has 0 amide bonds. The van der Waals surface area contributed by atoms with E-state index in [-0.39, 0.29) is 0 Å². The van der Waals surface area contributed by atoms with Gasteiger partial charge < -0.3 is 15.6 Å². The van der Waals surface area contributed by atoms with E-state index in [1.54, 1.807) is 0 Å². The van der Waals surface area contributed by atoms with Gasteiger partial charge in [0.2, 0.25) is 0 Å². The first kappa shape index (κ1) is 19.8. The number of nitrogens with two attached hydrogens (primary N) is 1. The lowest BCUT2D eigenvalue weighted by molar-refractivity contribution is 0.343. The van der Waals surface area contributed by atoms with Crippen LogP contribution in [-0.4, -0.2) is 32.6 Å². The van der Waals surface area contributed by atoms with Crippen LogP contribution in [-0.2, 0) is 13.0 Å². The molecule has 0 saturated heterocycles. The molecule has 9 heteroatoms. The van der Waals surface area contributed by atoms with Crippen molar-refractivity contribution in [2.45, 2.75) is 49.0 Å². The average molecular weight is 512 g/mol. The van der Waals surface area contributed by atoms with Crippen molar-refractivity contribution in [3.8, 4) is 0 Å². The zero-order valence-electron chi connectivity index (χ0n) is 15.6. The Hall–Kier alpha value is -1.46. The largest absolute Gasteiger partial charge is 0.382 e. The van der Waals surface area contributed by atoms with Crippen molar-refractivity contribution in [1.82, 2.24) is 24.8 Å². The fourth-order valence-electron chi connectivity index (χ4n) is 3.44. The molecule has 2 heterocycles. The molecule has 0 bridgehead atoms. The molecule has 0 aliphatic heterocycles. The first-order valence-electron chi connectivity index (χ1n) is 9.40. The van der Waals surface area contributed by atoms with Gasteiger partial charge in [0.15, 0.2) is 22.1 Å². The number of rotatable bonds is 7. The molecule has 2 aromatic heterocycles. The third-order valence-corrected chi connectivity index (χ3v) is 7.17. The number of alkyl halides is 1. The van der Waals surface area contributed by atoms with Crippen LogP contribution in [0.4, 0.5) is 10.2 Å². The number of hydrogen-bond donors (Lipinski definition) is 2. The summed E-state index contributed by atoms with van der Waals surface area (Å²) in [6.45, 7) is 4.64. The van der Waals surface area contributed by atoms with Crippen molar-refractivity contribution < 1.29 is 4.39 Å². The molecule has 1 atom stereocenters. The number of halogens is 2. The fourth-order valence-corrected chi connectivity index (χ4v) is 5.26. The maximum atomic E-state index is 14.2. The predicted molar refractivity (Wildman–Crippen MR) is 118 cm³/mol. The Morgan fingerprint density at radius 2 is 2.21 bits per heavy atom. The lowest BCUT2D eigenvalue weighted by Crippen LogP contribution is -2.21. The average Bonchev–Trinajstić information content (AvgIpc) is 3.21. The molecular weight excluding hydrogens is 490 g/mol. The van der Waals surface area contributed by atoms with Crippen LogP contribution in [0, 0.1) is 3.57 Å². The van der Waals surface area contributed by atoms with Crippen LogP contribution in [0.2, 0.25) is 0 Å². The van der Waals surface area contributed by atoms with E-state index >= 15 is 0 Å². The van der Waals surface area contributed by atoms with E-state index in [9.17, 15) is 4.39 Å². The molecule has 1 aliphatic carbocycles. The number of anilines is 1. The monoisotopic (exact) mass is 512 g/mol. The van der Waals surface area contributed by atoms with E-state index in [1.807, 2.05) is 6.07 Å². The van der Waals surface area contributed by atoms with Crippen LogP contribution in [0.15, 0.2) is 28.5 Å². The lowest BCUT2D eigenvalue weighted by Gasteiger charge is -2.11. The number of nitrogen functional groups attached to an aromatic ring is 1. The Morgan fingerprint density at radius 3 is 3.04 bits per heavy atom. The summed E-state index contributed by atoms with van der Waals surface area (Å²) in [5.74, 6) is 0.375. The zero-order chi connectivity index (χ0) is 19.7. The zero-order valence-corrected chi connectivity index (χ0v) is 18.6. The first-order chi connectivity index (χ1) is 13.6. The number of hydrogen-bond acceptors (Lipinski definition) is 6. The second-order valence-corrected chi connectivity index (χ2v) is 8.99. The number of benzene rings is 1. The molecule has 28 heavy (non-hydrogen) atoms. The van der Waals surface area contributed by atoms with E-state index < -0.39 is 6.17 Å². The van der Waals surface area contributed by atoms with Crippen LogP contribution in [0.3, 0.4) is 0 Å². The Labute approximate surface area is 181 Å². The van der Waals surface area contributed by atoms with E-state index in [2.05, 4.69) is 55.4 Å². The van der Waals surface area contributed by atoms with Crippen molar-refractivity contribution in [2.24, 2.45) is 0 Å². The van der Waals surface area contributed by atoms with E-state index in [1.165, 1.54) is 18.1 Å². The van der Waals surface area contributed by atoms with Crippen LogP contribution in [0.25, 0.3) is 11.2 Å². The minimum atomic E-state index is -0.870. The third-order valence-electron chi connectivity index (χ3n) is 4.86. The Morgan fingerprint density at radius 1 is 1.36 bits per heavy atom. The van der Waals surface area contributed by atoms with Gasteiger partial charge in [0.25, 0.3) is 0 Å². The van der Waals surface area contributed by atoms with Crippen LogP contribution >= 0.6 is 34.4 Å². The van der Waals surface area contributed by atoms with Gasteiger partial charge in [0.1, 0.15) is 12.5 Å². The standard InChI is InChI=1S/C19H22FIN6S/c1-2-5-23-6-7-27-18-16(17(22)24-10-25-18)26-19(27)28-15-9-12-11(8-14(15)21)3-4-13(12)20/h8-10,13,23H,2-7H2,1H3,(H2,22,24,25). The summed E-state index contributed by atoms with van der Waals surface area (Å²) in [4.78, 5) is 14.2. The normalized spacial score (nSPS) is 16.0. The Bertz CT molecular complexity index is 1010. The van der Waals surface area contributed by atoms with Gasteiger partial charge in [-0.2, -0.15) is 0 Å². The van der Waals surface area contributed by atoms with Gasteiger partial charge >= 0.3 is 0 Å². The van der Waals surface area contributed by atoms with E-state index in [0.29, 0.717) is 17.8 Å². The molecule has 3 aromatic rings. The predicted octanol–water partition coefficient (Wildman–Crippen LogP) is 4.12. The van der Waals surface area contributed by atoms with Crippen molar-refractivity contribution in [1.29, 1.82) is 0 Å². The van der Waals surface area contributed by atoms with Crippen molar-refractivity contribution in [3.63, 3.8) is 0 Å². The first-order valence-corrected chi connectivity index (χ1v) is 11.3. The maximum absolute atomic E-state index is 14.2. The molecule has 148 valence electrons. The minimum absolute atomic E-state index is 0.375. The van der Waals surface area contributed by atoms with E-state index in [4.69, 9.17) is 10.7 Å². The third kappa shape index (κ3) is 3.84. The second-order valence-electron chi connectivity index (χ2n) is 6.82. The van der Waals surface area contributed by atoms with Gasteiger partial charge in [-0.3, -0.25) is 0 Å². The van der Waals surface area contributed by atoms with Gasteiger partial charge in [0.05, 0.1) is 0 Å². The summed E-state index contributed by atoms with van der Waals surface area (Å²) in [5, 5.41) is 4.21. The molecule has 0 spiro atoms. The quantitative estimate of drug-likeness (QED) is 0.366. The molecule has 0 saturated carbocycles. The van der Waals surface area contributed by atoms with Gasteiger partial charge in [0, 0.05) is 21.6 Å².